The number of fused-ring (bicyclic) bond motifs is 7. The van der Waals surface area contributed by atoms with E-state index in [1.54, 1.807) is 0 Å². The summed E-state index contributed by atoms with van der Waals surface area (Å²) in [7, 11) is 0. The molecule has 0 aliphatic heterocycles. The van der Waals surface area contributed by atoms with Crippen LogP contribution in [0.5, 0.6) is 0 Å². The van der Waals surface area contributed by atoms with Gasteiger partial charge in [-0.1, -0.05) is 190 Å². The summed E-state index contributed by atoms with van der Waals surface area (Å²) in [4.78, 5) is 10.6. The molecule has 0 saturated carbocycles. The van der Waals surface area contributed by atoms with Gasteiger partial charge in [0.05, 0.1) is 22.4 Å². The average Bonchev–Trinajstić information content (AvgIpc) is 3.79. The molecule has 3 heteroatoms. The highest BCUT2D eigenvalue weighted by molar-refractivity contribution is 6.11. The Kier molecular flexibility index (Phi) is 8.20. The molecule has 12 rings (SSSR count). The van der Waals surface area contributed by atoms with Crippen molar-refractivity contribution in [3.05, 3.63) is 223 Å². The summed E-state index contributed by atoms with van der Waals surface area (Å²) in [5.74, 6) is 0.718. The Morgan fingerprint density at radius 2 is 0.919 bits per heavy atom. The van der Waals surface area contributed by atoms with Crippen LogP contribution in [0.3, 0.4) is 0 Å². The molecule has 1 aliphatic rings. The van der Waals surface area contributed by atoms with Gasteiger partial charge < -0.3 is 4.57 Å². The lowest BCUT2D eigenvalue weighted by molar-refractivity contribution is 0.662. The van der Waals surface area contributed by atoms with Crippen LogP contribution >= 0.6 is 0 Å². The summed E-state index contributed by atoms with van der Waals surface area (Å²) < 4.78 is 2.37. The maximum Gasteiger partial charge on any atom is 0.160 e. The van der Waals surface area contributed by atoms with Crippen molar-refractivity contribution in [3.8, 4) is 73.0 Å². The van der Waals surface area contributed by atoms with Crippen molar-refractivity contribution in [1.29, 1.82) is 0 Å². The first-order valence-corrected chi connectivity index (χ1v) is 21.4. The Labute approximate surface area is 361 Å². The highest BCUT2D eigenvalue weighted by atomic mass is 15.0. The molecule has 2 heterocycles. The van der Waals surface area contributed by atoms with E-state index in [-0.39, 0.29) is 5.41 Å². The van der Waals surface area contributed by atoms with Gasteiger partial charge in [-0.2, -0.15) is 0 Å². The van der Waals surface area contributed by atoms with Gasteiger partial charge in [-0.15, -0.1) is 0 Å². The van der Waals surface area contributed by atoms with Crippen LogP contribution in [0.25, 0.3) is 106 Å². The predicted molar refractivity (Wildman–Crippen MR) is 259 cm³/mol. The first-order valence-electron chi connectivity index (χ1n) is 21.4. The lowest BCUT2D eigenvalue weighted by Gasteiger charge is -2.24. The average molecular weight is 792 g/mol. The van der Waals surface area contributed by atoms with Gasteiger partial charge in [0.25, 0.3) is 0 Å². The number of rotatable bonds is 6. The Morgan fingerprint density at radius 3 is 1.71 bits per heavy atom. The van der Waals surface area contributed by atoms with Gasteiger partial charge in [0.15, 0.2) is 5.82 Å². The van der Waals surface area contributed by atoms with Gasteiger partial charge in [0.2, 0.25) is 0 Å². The third-order valence-corrected chi connectivity index (χ3v) is 13.0. The normalized spacial score (nSPS) is 12.8. The van der Waals surface area contributed by atoms with Gasteiger partial charge in [-0.05, 0) is 91.7 Å². The van der Waals surface area contributed by atoms with Crippen LogP contribution in [-0.4, -0.2) is 14.5 Å². The van der Waals surface area contributed by atoms with Crippen LogP contribution in [0, 0.1) is 0 Å². The summed E-state index contributed by atoms with van der Waals surface area (Å²) in [5, 5.41) is 4.85. The number of hydrogen-bond donors (Lipinski definition) is 0. The summed E-state index contributed by atoms with van der Waals surface area (Å²) >= 11 is 0. The largest absolute Gasteiger partial charge is 0.309 e. The van der Waals surface area contributed by atoms with Crippen molar-refractivity contribution in [3.63, 3.8) is 0 Å². The zero-order valence-corrected chi connectivity index (χ0v) is 34.5. The minimum absolute atomic E-state index is 0.181. The summed E-state index contributed by atoms with van der Waals surface area (Å²) in [6.07, 6.45) is 0. The fourth-order valence-electron chi connectivity index (χ4n) is 10.1. The third kappa shape index (κ3) is 5.66. The van der Waals surface area contributed by atoms with E-state index >= 15 is 0 Å². The Morgan fingerprint density at radius 1 is 0.355 bits per heavy atom. The van der Waals surface area contributed by atoms with E-state index in [4.69, 9.17) is 9.97 Å². The van der Waals surface area contributed by atoms with Crippen molar-refractivity contribution in [2.45, 2.75) is 19.3 Å². The van der Waals surface area contributed by atoms with Gasteiger partial charge in [0.1, 0.15) is 0 Å². The number of aromatic nitrogens is 3. The quantitative estimate of drug-likeness (QED) is 0.168. The van der Waals surface area contributed by atoms with Crippen molar-refractivity contribution in [2.75, 3.05) is 0 Å². The van der Waals surface area contributed by atoms with E-state index in [9.17, 15) is 0 Å². The number of benzene rings is 9. The minimum atomic E-state index is -0.181. The Bertz CT molecular complexity index is 3520. The highest BCUT2D eigenvalue weighted by Gasteiger charge is 2.37. The maximum atomic E-state index is 5.32. The Balaban J connectivity index is 0.956. The van der Waals surface area contributed by atoms with E-state index in [2.05, 4.69) is 225 Å². The summed E-state index contributed by atoms with van der Waals surface area (Å²) in [6.45, 7) is 4.68. The molecule has 11 aromatic rings. The molecule has 0 bridgehead atoms. The zero-order valence-electron chi connectivity index (χ0n) is 34.5. The SMILES string of the molecule is CC1(C)c2ccccc2-c2cccc(-c3cc(-c4ccc(-c5ccc(-c6ccc7c(c6)c6ccccc6n7-c6ccccc6)cc5)c5ccccc45)nc(-c4ccccc4)n3)c21. The monoisotopic (exact) mass is 791 g/mol. The molecule has 1 aliphatic carbocycles. The molecule has 0 atom stereocenters. The molecule has 62 heavy (non-hydrogen) atoms. The highest BCUT2D eigenvalue weighted by Crippen LogP contribution is 2.52. The van der Waals surface area contributed by atoms with Crippen molar-refractivity contribution >= 4 is 32.6 Å². The fourth-order valence-corrected chi connectivity index (χ4v) is 10.1. The van der Waals surface area contributed by atoms with Crippen LogP contribution in [0.15, 0.2) is 212 Å². The van der Waals surface area contributed by atoms with Gasteiger partial charge in [-0.25, -0.2) is 9.97 Å². The lowest BCUT2D eigenvalue weighted by Crippen LogP contribution is -2.16. The molecule has 0 fully saturated rings. The van der Waals surface area contributed by atoms with Crippen molar-refractivity contribution in [1.82, 2.24) is 14.5 Å². The van der Waals surface area contributed by atoms with Gasteiger partial charge in [0, 0.05) is 38.6 Å². The molecule has 0 N–H and O–H groups in total. The van der Waals surface area contributed by atoms with E-state index in [1.807, 2.05) is 6.07 Å². The van der Waals surface area contributed by atoms with E-state index in [1.165, 1.54) is 77.4 Å². The molecule has 3 nitrogen and oxygen atoms in total. The first kappa shape index (κ1) is 36.0. The standard InChI is InChI=1S/C59H41N3/c1-59(2)52-26-13-11-22-46(52)49-24-15-25-50(57(49)59)54-37-53(60-58(61-54)40-16-5-3-6-17-40)47-34-33-43(44-20-9-10-21-45(44)47)39-30-28-38(29-31-39)41-32-35-56-51(36-41)48-23-12-14-27-55(48)62(56)42-18-7-4-8-19-42/h3-37H,1-2H3. The zero-order chi connectivity index (χ0) is 41.4. The molecule has 292 valence electrons. The van der Waals surface area contributed by atoms with Crippen LogP contribution < -0.4 is 0 Å². The maximum absolute atomic E-state index is 5.32. The minimum Gasteiger partial charge on any atom is -0.309 e. The Hall–Kier alpha value is -7.88. The third-order valence-electron chi connectivity index (χ3n) is 13.0. The summed E-state index contributed by atoms with van der Waals surface area (Å²) in [6, 6.07) is 76.6. The number of hydrogen-bond acceptors (Lipinski definition) is 2. The van der Waals surface area contributed by atoms with Crippen molar-refractivity contribution < 1.29 is 0 Å². The second-order valence-electron chi connectivity index (χ2n) is 16.9. The topological polar surface area (TPSA) is 30.7 Å². The van der Waals surface area contributed by atoms with E-state index < -0.39 is 0 Å². The second kappa shape index (κ2) is 14.1. The van der Waals surface area contributed by atoms with Crippen LogP contribution in [0.1, 0.15) is 25.0 Å². The number of para-hydroxylation sites is 2. The lowest BCUT2D eigenvalue weighted by atomic mass is 9.79. The molecule has 9 aromatic carbocycles. The molecule has 0 unspecified atom stereocenters. The van der Waals surface area contributed by atoms with Gasteiger partial charge >= 0.3 is 0 Å². The molecule has 0 radical (unpaired) electrons. The summed E-state index contributed by atoms with van der Waals surface area (Å²) in [5.41, 5.74) is 18.5. The van der Waals surface area contributed by atoms with Crippen molar-refractivity contribution in [2.24, 2.45) is 0 Å². The smallest absolute Gasteiger partial charge is 0.160 e. The second-order valence-corrected chi connectivity index (χ2v) is 16.9. The van der Waals surface area contributed by atoms with Crippen LogP contribution in [-0.2, 0) is 5.41 Å². The molecular formula is C59H41N3. The number of nitrogens with zero attached hydrogens (tertiary/aromatic N) is 3. The molecule has 0 amide bonds. The first-order chi connectivity index (χ1) is 30.5. The van der Waals surface area contributed by atoms with Gasteiger partial charge in [-0.3, -0.25) is 0 Å². The molecule has 0 spiro atoms. The molecular weight excluding hydrogens is 751 g/mol. The van der Waals surface area contributed by atoms with Crippen LogP contribution in [0.4, 0.5) is 0 Å². The van der Waals surface area contributed by atoms with E-state index in [0.717, 1.165) is 39.3 Å². The van der Waals surface area contributed by atoms with E-state index in [0.29, 0.717) is 0 Å². The fraction of sp³-hybridized carbons (Fsp3) is 0.0508. The predicted octanol–water partition coefficient (Wildman–Crippen LogP) is 15.4. The molecule has 2 aromatic heterocycles. The van der Waals surface area contributed by atoms with Crippen LogP contribution in [0.2, 0.25) is 0 Å². The molecule has 0 saturated heterocycles.